The predicted octanol–water partition coefficient (Wildman–Crippen LogP) is 4.21. The van der Waals surface area contributed by atoms with Crippen molar-refractivity contribution in [1.82, 2.24) is 4.98 Å². The molecule has 2 aromatic rings. The third kappa shape index (κ3) is 3.96. The maximum absolute atomic E-state index is 12.4. The van der Waals surface area contributed by atoms with Crippen molar-refractivity contribution in [3.8, 4) is 0 Å². The number of thiophene rings is 1. The number of rotatable bonds is 4. The van der Waals surface area contributed by atoms with Gasteiger partial charge in [-0.2, -0.15) is 24.5 Å². The monoisotopic (exact) mass is 286 g/mol. The van der Waals surface area contributed by atoms with Crippen molar-refractivity contribution in [1.29, 1.82) is 0 Å². The number of hydrogen-bond acceptors (Lipinski definition) is 3. The van der Waals surface area contributed by atoms with Crippen LogP contribution in [0.2, 0.25) is 0 Å². The highest BCUT2D eigenvalue weighted by molar-refractivity contribution is 7.07. The summed E-state index contributed by atoms with van der Waals surface area (Å²) in [6.45, 7) is 1.97. The summed E-state index contributed by atoms with van der Waals surface area (Å²) in [6, 6.07) is 4.53. The summed E-state index contributed by atoms with van der Waals surface area (Å²) < 4.78 is 37.1. The molecule has 0 aliphatic rings. The summed E-state index contributed by atoms with van der Waals surface area (Å²) in [7, 11) is 0. The predicted molar refractivity (Wildman–Crippen MR) is 70.3 cm³/mol. The molecule has 0 amide bonds. The van der Waals surface area contributed by atoms with Gasteiger partial charge in [-0.25, -0.2) is 4.98 Å². The number of nitrogens with one attached hydrogen (secondary N) is 1. The first-order valence-electron chi connectivity index (χ1n) is 5.76. The van der Waals surface area contributed by atoms with Crippen molar-refractivity contribution in [2.45, 2.75) is 25.6 Å². The van der Waals surface area contributed by atoms with Gasteiger partial charge in [-0.05, 0) is 47.9 Å². The molecule has 0 saturated heterocycles. The summed E-state index contributed by atoms with van der Waals surface area (Å²) in [4.78, 5) is 3.79. The third-order valence-electron chi connectivity index (χ3n) is 2.61. The van der Waals surface area contributed by atoms with E-state index in [1.54, 1.807) is 11.3 Å². The molecular formula is C13H13F3N2S. The Labute approximate surface area is 113 Å². The summed E-state index contributed by atoms with van der Waals surface area (Å²) >= 11 is 1.62. The van der Waals surface area contributed by atoms with Crippen LogP contribution in [0.1, 0.15) is 18.1 Å². The lowest BCUT2D eigenvalue weighted by Gasteiger charge is -2.14. The molecule has 2 aromatic heterocycles. The van der Waals surface area contributed by atoms with Gasteiger partial charge in [0.05, 0.1) is 5.56 Å². The largest absolute Gasteiger partial charge is 0.417 e. The van der Waals surface area contributed by atoms with Crippen molar-refractivity contribution in [2.24, 2.45) is 0 Å². The second-order valence-corrected chi connectivity index (χ2v) is 5.09. The van der Waals surface area contributed by atoms with E-state index in [4.69, 9.17) is 0 Å². The van der Waals surface area contributed by atoms with Gasteiger partial charge in [0, 0.05) is 12.2 Å². The number of alkyl halides is 3. The number of anilines is 1. The molecule has 0 aromatic carbocycles. The molecule has 2 nitrogen and oxygen atoms in total. The normalized spacial score (nSPS) is 13.3. The molecule has 1 N–H and O–H groups in total. The van der Waals surface area contributed by atoms with E-state index < -0.39 is 11.7 Å². The van der Waals surface area contributed by atoms with Gasteiger partial charge in [-0.15, -0.1) is 0 Å². The van der Waals surface area contributed by atoms with E-state index in [-0.39, 0.29) is 6.04 Å². The van der Waals surface area contributed by atoms with Gasteiger partial charge < -0.3 is 5.32 Å². The van der Waals surface area contributed by atoms with E-state index in [2.05, 4.69) is 15.7 Å². The minimum atomic E-state index is -4.34. The fraction of sp³-hybridized carbons (Fsp3) is 0.308. The van der Waals surface area contributed by atoms with Crippen molar-refractivity contribution < 1.29 is 13.2 Å². The fourth-order valence-electron chi connectivity index (χ4n) is 1.71. The zero-order valence-electron chi connectivity index (χ0n) is 10.2. The molecule has 0 radical (unpaired) electrons. The molecule has 19 heavy (non-hydrogen) atoms. The quantitative estimate of drug-likeness (QED) is 0.911. The zero-order chi connectivity index (χ0) is 13.9. The van der Waals surface area contributed by atoms with E-state index >= 15 is 0 Å². The Hall–Kier alpha value is -1.56. The van der Waals surface area contributed by atoms with E-state index in [1.807, 2.05) is 18.4 Å². The van der Waals surface area contributed by atoms with Crippen LogP contribution in [0.25, 0.3) is 0 Å². The SMILES string of the molecule is CC(Cc1ccsc1)Nc1ccc(C(F)(F)F)cn1. The topological polar surface area (TPSA) is 24.9 Å². The number of halogens is 3. The zero-order valence-corrected chi connectivity index (χ0v) is 11.1. The van der Waals surface area contributed by atoms with Gasteiger partial charge in [0.1, 0.15) is 5.82 Å². The highest BCUT2D eigenvalue weighted by Crippen LogP contribution is 2.28. The number of aromatic nitrogens is 1. The lowest BCUT2D eigenvalue weighted by Crippen LogP contribution is -2.18. The van der Waals surface area contributed by atoms with Crippen LogP contribution in [0.3, 0.4) is 0 Å². The molecule has 1 atom stereocenters. The van der Waals surface area contributed by atoms with Crippen LogP contribution in [-0.2, 0) is 12.6 Å². The van der Waals surface area contributed by atoms with Crippen LogP contribution in [0.4, 0.5) is 19.0 Å². The summed E-state index contributed by atoms with van der Waals surface area (Å²) in [5, 5.41) is 7.14. The maximum atomic E-state index is 12.4. The Morgan fingerprint density at radius 2 is 2.11 bits per heavy atom. The lowest BCUT2D eigenvalue weighted by molar-refractivity contribution is -0.137. The molecule has 0 fully saturated rings. The number of nitrogens with zero attached hydrogens (tertiary/aromatic N) is 1. The summed E-state index contributed by atoms with van der Waals surface area (Å²) in [5.41, 5.74) is 0.473. The molecule has 0 spiro atoms. The van der Waals surface area contributed by atoms with Crippen LogP contribution in [-0.4, -0.2) is 11.0 Å². The Balaban J connectivity index is 1.96. The van der Waals surface area contributed by atoms with Crippen LogP contribution >= 0.6 is 11.3 Å². The average molecular weight is 286 g/mol. The molecular weight excluding hydrogens is 273 g/mol. The Kier molecular flexibility index (Phi) is 4.09. The molecule has 0 saturated carbocycles. The molecule has 1 unspecified atom stereocenters. The minimum Gasteiger partial charge on any atom is -0.367 e. The van der Waals surface area contributed by atoms with Gasteiger partial charge in [0.25, 0.3) is 0 Å². The van der Waals surface area contributed by atoms with Crippen LogP contribution in [0, 0.1) is 0 Å². The molecule has 102 valence electrons. The summed E-state index contributed by atoms with van der Waals surface area (Å²) in [5.74, 6) is 0.454. The first-order chi connectivity index (χ1) is 8.95. The van der Waals surface area contributed by atoms with Crippen molar-refractivity contribution in [3.05, 3.63) is 46.3 Å². The van der Waals surface area contributed by atoms with Crippen LogP contribution in [0.5, 0.6) is 0 Å². The molecule has 0 aliphatic carbocycles. The van der Waals surface area contributed by atoms with E-state index in [0.717, 1.165) is 18.7 Å². The average Bonchev–Trinajstić information content (AvgIpc) is 2.81. The lowest BCUT2D eigenvalue weighted by atomic mass is 10.1. The highest BCUT2D eigenvalue weighted by atomic mass is 32.1. The van der Waals surface area contributed by atoms with Gasteiger partial charge in [-0.3, -0.25) is 0 Å². The molecule has 2 rings (SSSR count). The molecule has 0 bridgehead atoms. The van der Waals surface area contributed by atoms with Crippen molar-refractivity contribution in [3.63, 3.8) is 0 Å². The smallest absolute Gasteiger partial charge is 0.367 e. The number of hydrogen-bond donors (Lipinski definition) is 1. The third-order valence-corrected chi connectivity index (χ3v) is 3.34. The molecule has 6 heteroatoms. The van der Waals surface area contributed by atoms with Gasteiger partial charge in [0.2, 0.25) is 0 Å². The van der Waals surface area contributed by atoms with Gasteiger partial charge in [0.15, 0.2) is 0 Å². The fourth-order valence-corrected chi connectivity index (χ4v) is 2.39. The van der Waals surface area contributed by atoms with E-state index in [1.165, 1.54) is 11.6 Å². The maximum Gasteiger partial charge on any atom is 0.417 e. The minimum absolute atomic E-state index is 0.110. The van der Waals surface area contributed by atoms with Crippen LogP contribution in [0.15, 0.2) is 35.2 Å². The molecule has 0 aliphatic heterocycles. The second kappa shape index (κ2) is 5.61. The van der Waals surface area contributed by atoms with Crippen molar-refractivity contribution >= 4 is 17.2 Å². The highest BCUT2D eigenvalue weighted by Gasteiger charge is 2.30. The van der Waals surface area contributed by atoms with Gasteiger partial charge >= 0.3 is 6.18 Å². The standard InChI is InChI=1S/C13H13F3N2S/c1-9(6-10-4-5-19-8-10)18-12-3-2-11(7-17-12)13(14,15)16/h2-5,7-9H,6H2,1H3,(H,17,18). The first-order valence-corrected chi connectivity index (χ1v) is 6.70. The summed E-state index contributed by atoms with van der Waals surface area (Å²) in [6.07, 6.45) is -2.68. The second-order valence-electron chi connectivity index (χ2n) is 4.31. The Morgan fingerprint density at radius 1 is 1.32 bits per heavy atom. The number of pyridine rings is 1. The van der Waals surface area contributed by atoms with E-state index in [9.17, 15) is 13.2 Å². The van der Waals surface area contributed by atoms with Crippen molar-refractivity contribution in [2.75, 3.05) is 5.32 Å². The first kappa shape index (κ1) is 13.9. The molecule has 2 heterocycles. The van der Waals surface area contributed by atoms with Gasteiger partial charge in [-0.1, -0.05) is 0 Å². The van der Waals surface area contributed by atoms with E-state index in [0.29, 0.717) is 5.82 Å². The Bertz CT molecular complexity index is 506. The Morgan fingerprint density at radius 3 is 2.63 bits per heavy atom. The van der Waals surface area contributed by atoms with Crippen LogP contribution < -0.4 is 5.32 Å².